The maximum Gasteiger partial charge on any atom is 0.287 e. The van der Waals surface area contributed by atoms with Crippen molar-refractivity contribution in [3.8, 4) is 10.6 Å². The van der Waals surface area contributed by atoms with Crippen LogP contribution in [0.25, 0.3) is 10.6 Å². The SMILES string of the molecule is O=C(NCCNCc1cnc(-c2ccccc2)s1)c1ccco1. The van der Waals surface area contributed by atoms with E-state index in [2.05, 4.69) is 27.8 Å². The molecule has 1 aromatic carbocycles. The van der Waals surface area contributed by atoms with Gasteiger partial charge in [0.25, 0.3) is 5.91 Å². The van der Waals surface area contributed by atoms with Crippen molar-refractivity contribution in [2.24, 2.45) is 0 Å². The van der Waals surface area contributed by atoms with Crippen LogP contribution < -0.4 is 10.6 Å². The summed E-state index contributed by atoms with van der Waals surface area (Å²) >= 11 is 1.67. The highest BCUT2D eigenvalue weighted by Gasteiger charge is 2.07. The molecule has 0 bridgehead atoms. The molecular weight excluding hydrogens is 310 g/mol. The number of carbonyl (C=O) groups is 1. The van der Waals surface area contributed by atoms with E-state index in [1.807, 2.05) is 24.4 Å². The summed E-state index contributed by atoms with van der Waals surface area (Å²) in [6, 6.07) is 13.5. The number of amides is 1. The van der Waals surface area contributed by atoms with Crippen molar-refractivity contribution >= 4 is 17.2 Å². The van der Waals surface area contributed by atoms with Gasteiger partial charge >= 0.3 is 0 Å². The third-order valence-electron chi connectivity index (χ3n) is 3.21. The van der Waals surface area contributed by atoms with E-state index in [0.29, 0.717) is 18.8 Å². The Hall–Kier alpha value is -2.44. The lowest BCUT2D eigenvalue weighted by atomic mass is 10.2. The number of nitrogens with zero attached hydrogens (tertiary/aromatic N) is 1. The third kappa shape index (κ3) is 4.28. The van der Waals surface area contributed by atoms with Gasteiger partial charge in [0.05, 0.1) is 6.26 Å². The molecule has 6 heteroatoms. The summed E-state index contributed by atoms with van der Waals surface area (Å²) in [5.41, 5.74) is 1.13. The molecule has 0 fully saturated rings. The topological polar surface area (TPSA) is 67.2 Å². The smallest absolute Gasteiger partial charge is 0.287 e. The number of furan rings is 1. The zero-order chi connectivity index (χ0) is 15.9. The van der Waals surface area contributed by atoms with Gasteiger partial charge in [-0.05, 0) is 12.1 Å². The molecule has 5 nitrogen and oxygen atoms in total. The predicted octanol–water partition coefficient (Wildman–Crippen LogP) is 2.92. The lowest BCUT2D eigenvalue weighted by molar-refractivity contribution is 0.0926. The molecule has 0 spiro atoms. The molecule has 2 heterocycles. The van der Waals surface area contributed by atoms with E-state index in [4.69, 9.17) is 4.42 Å². The van der Waals surface area contributed by atoms with Crippen molar-refractivity contribution in [1.82, 2.24) is 15.6 Å². The zero-order valence-corrected chi connectivity index (χ0v) is 13.3. The average molecular weight is 327 g/mol. The molecule has 1 amide bonds. The molecule has 0 aliphatic rings. The normalized spacial score (nSPS) is 10.6. The van der Waals surface area contributed by atoms with E-state index >= 15 is 0 Å². The van der Waals surface area contributed by atoms with E-state index in [1.54, 1.807) is 23.5 Å². The van der Waals surface area contributed by atoms with E-state index in [9.17, 15) is 4.79 Å². The van der Waals surface area contributed by atoms with Crippen molar-refractivity contribution in [3.05, 3.63) is 65.6 Å². The number of hydrogen-bond acceptors (Lipinski definition) is 5. The first kappa shape index (κ1) is 15.5. The van der Waals surface area contributed by atoms with Crippen molar-refractivity contribution in [2.75, 3.05) is 13.1 Å². The second kappa shape index (κ2) is 7.71. The molecule has 3 aromatic rings. The fourth-order valence-electron chi connectivity index (χ4n) is 2.07. The van der Waals surface area contributed by atoms with Crippen molar-refractivity contribution in [1.29, 1.82) is 0 Å². The summed E-state index contributed by atoms with van der Waals surface area (Å²) < 4.78 is 5.03. The number of nitrogens with one attached hydrogen (secondary N) is 2. The summed E-state index contributed by atoms with van der Waals surface area (Å²) in [7, 11) is 0. The largest absolute Gasteiger partial charge is 0.459 e. The van der Waals surface area contributed by atoms with E-state index in [1.165, 1.54) is 11.1 Å². The highest BCUT2D eigenvalue weighted by Crippen LogP contribution is 2.24. The predicted molar refractivity (Wildman–Crippen MR) is 90.3 cm³/mol. The molecule has 0 saturated carbocycles. The van der Waals surface area contributed by atoms with Crippen LogP contribution in [0.5, 0.6) is 0 Å². The monoisotopic (exact) mass is 327 g/mol. The summed E-state index contributed by atoms with van der Waals surface area (Å²) in [5, 5.41) is 7.11. The van der Waals surface area contributed by atoms with Crippen LogP contribution in [0.3, 0.4) is 0 Å². The number of thiazole rings is 1. The molecule has 0 aliphatic carbocycles. The van der Waals surface area contributed by atoms with E-state index in [-0.39, 0.29) is 5.91 Å². The third-order valence-corrected chi connectivity index (χ3v) is 4.25. The number of benzene rings is 1. The molecule has 23 heavy (non-hydrogen) atoms. The lowest BCUT2D eigenvalue weighted by Crippen LogP contribution is -2.31. The molecule has 2 N–H and O–H groups in total. The Morgan fingerprint density at radius 2 is 2.00 bits per heavy atom. The Kier molecular flexibility index (Phi) is 5.18. The van der Waals surface area contributed by atoms with E-state index in [0.717, 1.165) is 17.1 Å². The quantitative estimate of drug-likeness (QED) is 0.655. The molecule has 0 unspecified atom stereocenters. The van der Waals surface area contributed by atoms with Crippen LogP contribution in [0, 0.1) is 0 Å². The Labute approximate surface area is 138 Å². The first-order valence-electron chi connectivity index (χ1n) is 7.35. The number of rotatable bonds is 7. The second-order valence-corrected chi connectivity index (χ2v) is 6.02. The minimum Gasteiger partial charge on any atom is -0.459 e. The molecule has 0 aliphatic heterocycles. The molecule has 0 saturated heterocycles. The van der Waals surface area contributed by atoms with Gasteiger partial charge in [0.15, 0.2) is 5.76 Å². The van der Waals surface area contributed by atoms with Crippen LogP contribution in [-0.4, -0.2) is 24.0 Å². The Bertz CT molecular complexity index is 738. The average Bonchev–Trinajstić information content (AvgIpc) is 3.27. The maximum atomic E-state index is 11.7. The Morgan fingerprint density at radius 3 is 2.78 bits per heavy atom. The van der Waals surface area contributed by atoms with Gasteiger partial charge in [-0.2, -0.15) is 0 Å². The van der Waals surface area contributed by atoms with Gasteiger partial charge < -0.3 is 15.1 Å². The number of hydrogen-bond donors (Lipinski definition) is 2. The van der Waals surface area contributed by atoms with Gasteiger partial charge in [-0.15, -0.1) is 11.3 Å². The number of aromatic nitrogens is 1. The molecular formula is C17H17N3O2S. The van der Waals surface area contributed by atoms with Gasteiger partial charge in [-0.25, -0.2) is 4.98 Å². The van der Waals surface area contributed by atoms with Crippen LogP contribution in [0.1, 0.15) is 15.4 Å². The fourth-order valence-corrected chi connectivity index (χ4v) is 2.96. The Morgan fingerprint density at radius 1 is 1.13 bits per heavy atom. The van der Waals surface area contributed by atoms with Crippen LogP contribution in [0.4, 0.5) is 0 Å². The molecule has 0 radical (unpaired) electrons. The van der Waals surface area contributed by atoms with Crippen molar-refractivity contribution in [3.63, 3.8) is 0 Å². The lowest BCUT2D eigenvalue weighted by Gasteiger charge is -2.04. The van der Waals surface area contributed by atoms with Gasteiger partial charge in [0, 0.05) is 36.3 Å². The van der Waals surface area contributed by atoms with Gasteiger partial charge in [-0.1, -0.05) is 30.3 Å². The second-order valence-electron chi connectivity index (χ2n) is 4.91. The van der Waals surface area contributed by atoms with Crippen molar-refractivity contribution < 1.29 is 9.21 Å². The Balaban J connectivity index is 1.40. The van der Waals surface area contributed by atoms with Gasteiger partial charge in [0.2, 0.25) is 0 Å². The summed E-state index contributed by atoms with van der Waals surface area (Å²) in [4.78, 5) is 17.3. The number of carbonyl (C=O) groups excluding carboxylic acids is 1. The maximum absolute atomic E-state index is 11.7. The van der Waals surface area contributed by atoms with Gasteiger partial charge in [-0.3, -0.25) is 4.79 Å². The van der Waals surface area contributed by atoms with Crippen LogP contribution in [0.2, 0.25) is 0 Å². The first-order valence-corrected chi connectivity index (χ1v) is 8.17. The highest BCUT2D eigenvalue weighted by atomic mass is 32.1. The summed E-state index contributed by atoms with van der Waals surface area (Å²) in [5.74, 6) is 0.140. The molecule has 118 valence electrons. The van der Waals surface area contributed by atoms with Crippen LogP contribution >= 0.6 is 11.3 Å². The molecule has 0 atom stereocenters. The summed E-state index contributed by atoms with van der Waals surface area (Å²) in [6.45, 7) is 1.97. The van der Waals surface area contributed by atoms with Crippen LogP contribution in [-0.2, 0) is 6.54 Å². The molecule has 3 rings (SSSR count). The molecule has 2 aromatic heterocycles. The highest BCUT2D eigenvalue weighted by molar-refractivity contribution is 7.15. The first-order chi connectivity index (χ1) is 11.3. The minimum atomic E-state index is -0.194. The standard InChI is InChI=1S/C17H17N3O2S/c21-16(15-7-4-10-22-15)19-9-8-18-11-14-12-20-17(23-14)13-5-2-1-3-6-13/h1-7,10,12,18H,8-9,11H2,(H,19,21). The van der Waals surface area contributed by atoms with Gasteiger partial charge in [0.1, 0.15) is 5.01 Å². The summed E-state index contributed by atoms with van der Waals surface area (Å²) in [6.07, 6.45) is 3.38. The van der Waals surface area contributed by atoms with Crippen LogP contribution in [0.15, 0.2) is 59.3 Å². The fraction of sp³-hybridized carbons (Fsp3) is 0.176. The van der Waals surface area contributed by atoms with E-state index < -0.39 is 0 Å². The zero-order valence-electron chi connectivity index (χ0n) is 12.5. The van der Waals surface area contributed by atoms with Crippen molar-refractivity contribution in [2.45, 2.75) is 6.54 Å². The minimum absolute atomic E-state index is 0.194.